The zero-order valence-corrected chi connectivity index (χ0v) is 14.5. The standard InChI is InChI=1S/C15H17F3N2O5S/c1-26(24,25)20-10-4-3-9(15(16,17)18)7-11(10)19-12(21)8-14(13(22)23)5-2-6-14/h3-4,7,20H,2,5-6,8H2,1H3,(H,19,21)(H,22,23). The quantitative estimate of drug-likeness (QED) is 0.687. The minimum absolute atomic E-state index is 0.244. The molecule has 1 amide bonds. The third-order valence-corrected chi connectivity index (χ3v) is 4.77. The maximum Gasteiger partial charge on any atom is 0.416 e. The summed E-state index contributed by atoms with van der Waals surface area (Å²) in [6, 6.07) is 2.16. The van der Waals surface area contributed by atoms with Crippen LogP contribution in [0, 0.1) is 5.41 Å². The maximum absolute atomic E-state index is 12.9. The summed E-state index contributed by atoms with van der Waals surface area (Å²) in [6.07, 6.45) is -3.05. The third-order valence-electron chi connectivity index (χ3n) is 4.18. The Bertz CT molecular complexity index is 832. The van der Waals surface area contributed by atoms with Crippen LogP contribution in [0.1, 0.15) is 31.2 Å². The Morgan fingerprint density at radius 2 is 1.85 bits per heavy atom. The van der Waals surface area contributed by atoms with Crippen LogP contribution in [0.25, 0.3) is 0 Å². The van der Waals surface area contributed by atoms with E-state index in [1.54, 1.807) is 0 Å². The van der Waals surface area contributed by atoms with Gasteiger partial charge in [-0.05, 0) is 31.0 Å². The normalized spacial score (nSPS) is 16.5. The number of nitrogens with one attached hydrogen (secondary N) is 2. The van der Waals surface area contributed by atoms with E-state index in [1.807, 2.05) is 4.72 Å². The molecule has 1 aliphatic rings. The highest BCUT2D eigenvalue weighted by molar-refractivity contribution is 7.92. The van der Waals surface area contributed by atoms with Crippen LogP contribution in [0.4, 0.5) is 24.5 Å². The minimum Gasteiger partial charge on any atom is -0.481 e. The van der Waals surface area contributed by atoms with Crippen LogP contribution in [-0.4, -0.2) is 31.7 Å². The average Bonchev–Trinajstić information content (AvgIpc) is 2.41. The van der Waals surface area contributed by atoms with Crippen LogP contribution in [0.5, 0.6) is 0 Å². The smallest absolute Gasteiger partial charge is 0.416 e. The number of carbonyl (C=O) groups excluding carboxylic acids is 1. The van der Waals surface area contributed by atoms with E-state index in [4.69, 9.17) is 0 Å². The molecule has 0 spiro atoms. The van der Waals surface area contributed by atoms with Crippen LogP contribution in [0.3, 0.4) is 0 Å². The molecule has 7 nitrogen and oxygen atoms in total. The second kappa shape index (κ2) is 6.78. The first-order chi connectivity index (χ1) is 11.8. The van der Waals surface area contributed by atoms with E-state index in [0.717, 1.165) is 12.3 Å². The molecule has 11 heteroatoms. The molecule has 1 aromatic carbocycles. The van der Waals surface area contributed by atoms with Crippen LogP contribution in [-0.2, 0) is 25.8 Å². The van der Waals surface area contributed by atoms with Crippen molar-refractivity contribution in [2.24, 2.45) is 5.41 Å². The van der Waals surface area contributed by atoms with Gasteiger partial charge in [0, 0.05) is 6.42 Å². The highest BCUT2D eigenvalue weighted by Gasteiger charge is 2.46. The van der Waals surface area contributed by atoms with Crippen molar-refractivity contribution in [2.45, 2.75) is 31.9 Å². The molecule has 0 bridgehead atoms. The van der Waals surface area contributed by atoms with Crippen molar-refractivity contribution >= 4 is 33.3 Å². The topological polar surface area (TPSA) is 113 Å². The van der Waals surface area contributed by atoms with Crippen LogP contribution >= 0.6 is 0 Å². The zero-order valence-electron chi connectivity index (χ0n) is 13.7. The van der Waals surface area contributed by atoms with Crippen molar-refractivity contribution in [3.05, 3.63) is 23.8 Å². The molecule has 0 aliphatic heterocycles. The molecule has 3 N–H and O–H groups in total. The van der Waals surface area contributed by atoms with E-state index in [-0.39, 0.29) is 5.69 Å². The van der Waals surface area contributed by atoms with Crippen LogP contribution in [0.15, 0.2) is 18.2 Å². The summed E-state index contributed by atoms with van der Waals surface area (Å²) in [7, 11) is -3.80. The first-order valence-corrected chi connectivity index (χ1v) is 9.44. The Kier molecular flexibility index (Phi) is 5.22. The third kappa shape index (κ3) is 4.65. The monoisotopic (exact) mass is 394 g/mol. The number of aliphatic carboxylic acids is 1. The predicted molar refractivity (Wildman–Crippen MR) is 87.1 cm³/mol. The number of halogens is 3. The molecular weight excluding hydrogens is 377 g/mol. The number of carboxylic acids is 1. The second-order valence-electron chi connectivity index (χ2n) is 6.30. The number of amides is 1. The van der Waals surface area contributed by atoms with Gasteiger partial charge >= 0.3 is 12.1 Å². The predicted octanol–water partition coefficient (Wildman–Crippen LogP) is 2.66. The first-order valence-electron chi connectivity index (χ1n) is 7.55. The van der Waals surface area contributed by atoms with Crippen molar-refractivity contribution in [1.82, 2.24) is 0 Å². The summed E-state index contributed by atoms with van der Waals surface area (Å²) in [5, 5.41) is 11.4. The fraction of sp³-hybridized carbons (Fsp3) is 0.467. The SMILES string of the molecule is CS(=O)(=O)Nc1ccc(C(F)(F)F)cc1NC(=O)CC1(C(=O)O)CCC1. The van der Waals surface area contributed by atoms with E-state index >= 15 is 0 Å². The van der Waals surface area contributed by atoms with E-state index in [9.17, 15) is 36.3 Å². The second-order valence-corrected chi connectivity index (χ2v) is 8.04. The zero-order chi connectivity index (χ0) is 19.8. The molecular formula is C15H17F3N2O5S. The minimum atomic E-state index is -4.70. The lowest BCUT2D eigenvalue weighted by atomic mass is 9.66. The Labute approximate surface area is 147 Å². The number of hydrogen-bond acceptors (Lipinski definition) is 4. The van der Waals surface area contributed by atoms with E-state index < -0.39 is 51.2 Å². The van der Waals surface area contributed by atoms with Crippen LogP contribution in [0.2, 0.25) is 0 Å². The lowest BCUT2D eigenvalue weighted by Crippen LogP contribution is -2.41. The lowest BCUT2D eigenvalue weighted by Gasteiger charge is -2.37. The Morgan fingerprint density at radius 1 is 1.23 bits per heavy atom. The van der Waals surface area contributed by atoms with Crippen molar-refractivity contribution in [2.75, 3.05) is 16.3 Å². The maximum atomic E-state index is 12.9. The first kappa shape index (κ1) is 20.0. The number of sulfonamides is 1. The Hall–Kier alpha value is -2.30. The van der Waals surface area contributed by atoms with Gasteiger partial charge in [-0.25, -0.2) is 8.42 Å². The molecule has 0 radical (unpaired) electrons. The lowest BCUT2D eigenvalue weighted by molar-refractivity contribution is -0.157. The molecule has 0 heterocycles. The van der Waals surface area contributed by atoms with Gasteiger partial charge in [-0.15, -0.1) is 0 Å². The fourth-order valence-electron chi connectivity index (χ4n) is 2.68. The van der Waals surface area contributed by atoms with Crippen molar-refractivity contribution in [3.8, 4) is 0 Å². The highest BCUT2D eigenvalue weighted by Crippen LogP contribution is 2.44. The summed E-state index contributed by atoms with van der Waals surface area (Å²) in [5.41, 5.74) is -2.94. The van der Waals surface area contributed by atoms with E-state index in [1.165, 1.54) is 0 Å². The molecule has 1 saturated carbocycles. The highest BCUT2D eigenvalue weighted by atomic mass is 32.2. The van der Waals surface area contributed by atoms with Gasteiger partial charge in [0.15, 0.2) is 0 Å². The number of rotatable bonds is 6. The van der Waals surface area contributed by atoms with Crippen molar-refractivity contribution in [3.63, 3.8) is 0 Å². The van der Waals surface area contributed by atoms with Gasteiger partial charge in [0.2, 0.25) is 15.9 Å². The van der Waals surface area contributed by atoms with Crippen molar-refractivity contribution in [1.29, 1.82) is 0 Å². The number of carbonyl (C=O) groups is 2. The summed E-state index contributed by atoms with van der Waals surface area (Å²) < 4.78 is 63.4. The van der Waals surface area contributed by atoms with Gasteiger partial charge in [-0.3, -0.25) is 14.3 Å². The molecule has 1 fully saturated rings. The molecule has 1 aromatic rings. The summed E-state index contributed by atoms with van der Waals surface area (Å²) in [5.74, 6) is -1.94. The fourth-order valence-corrected chi connectivity index (χ4v) is 3.26. The largest absolute Gasteiger partial charge is 0.481 e. The van der Waals surface area contributed by atoms with Gasteiger partial charge in [0.1, 0.15) is 0 Å². The molecule has 26 heavy (non-hydrogen) atoms. The van der Waals surface area contributed by atoms with Crippen LogP contribution < -0.4 is 10.0 Å². The summed E-state index contributed by atoms with van der Waals surface area (Å²) >= 11 is 0. The number of carboxylic acid groups (broad SMARTS) is 1. The van der Waals surface area contributed by atoms with Gasteiger partial charge in [-0.2, -0.15) is 13.2 Å². The summed E-state index contributed by atoms with van der Waals surface area (Å²) in [6.45, 7) is 0. The van der Waals surface area contributed by atoms with E-state index in [2.05, 4.69) is 5.32 Å². The molecule has 1 aliphatic carbocycles. The van der Waals surface area contributed by atoms with Gasteiger partial charge in [-0.1, -0.05) is 6.42 Å². The molecule has 0 atom stereocenters. The number of hydrogen-bond donors (Lipinski definition) is 3. The van der Waals surface area contributed by atoms with Gasteiger partial charge in [0.05, 0.1) is 28.6 Å². The molecule has 0 saturated heterocycles. The molecule has 0 unspecified atom stereocenters. The van der Waals surface area contributed by atoms with Gasteiger partial charge in [0.25, 0.3) is 0 Å². The van der Waals surface area contributed by atoms with Crippen molar-refractivity contribution < 1.29 is 36.3 Å². The molecule has 144 valence electrons. The number of alkyl halides is 3. The molecule has 0 aromatic heterocycles. The Balaban J connectivity index is 2.29. The Morgan fingerprint density at radius 3 is 2.27 bits per heavy atom. The summed E-state index contributed by atoms with van der Waals surface area (Å²) in [4.78, 5) is 23.5. The molecule has 2 rings (SSSR count). The average molecular weight is 394 g/mol. The van der Waals surface area contributed by atoms with E-state index in [0.29, 0.717) is 31.4 Å². The van der Waals surface area contributed by atoms with Gasteiger partial charge < -0.3 is 10.4 Å². The number of benzene rings is 1. The number of anilines is 2.